The second kappa shape index (κ2) is 9.68. The fourth-order valence-corrected chi connectivity index (χ4v) is 4.58. The number of nitrogens with one attached hydrogen (secondary N) is 3. The fourth-order valence-electron chi connectivity index (χ4n) is 2.95. The lowest BCUT2D eigenvalue weighted by Gasteiger charge is -2.12. The molecule has 0 aliphatic rings. The normalized spacial score (nSPS) is 11.0. The van der Waals surface area contributed by atoms with Crippen LogP contribution < -0.4 is 15.4 Å². The van der Waals surface area contributed by atoms with E-state index in [2.05, 4.69) is 31.3 Å². The number of sulfonamides is 1. The molecule has 4 N–H and O–H groups in total. The molecule has 0 unspecified atom stereocenters. The molecule has 0 saturated heterocycles. The summed E-state index contributed by atoms with van der Waals surface area (Å²) in [6.07, 6.45) is 0. The zero-order valence-corrected chi connectivity index (χ0v) is 20.4. The molecule has 0 heterocycles. The third-order valence-electron chi connectivity index (χ3n) is 4.33. The number of aromatic hydroxyl groups is 1. The number of benzene rings is 3. The molecule has 3 rings (SSSR count). The van der Waals surface area contributed by atoms with E-state index in [1.165, 1.54) is 30.3 Å². The van der Waals surface area contributed by atoms with Crippen molar-refractivity contribution < 1.29 is 18.3 Å². The van der Waals surface area contributed by atoms with Gasteiger partial charge in [-0.15, -0.1) is 0 Å². The molecule has 0 aliphatic carbocycles. The molecule has 166 valence electrons. The van der Waals surface area contributed by atoms with Gasteiger partial charge in [0.1, 0.15) is 5.75 Å². The Bertz CT molecular complexity index is 1270. The molecule has 0 fully saturated rings. The molecule has 10 heteroatoms. The zero-order chi connectivity index (χ0) is 23.5. The summed E-state index contributed by atoms with van der Waals surface area (Å²) in [7, 11) is -3.76. The zero-order valence-electron chi connectivity index (χ0n) is 17.1. The van der Waals surface area contributed by atoms with Crippen LogP contribution in [-0.4, -0.2) is 24.5 Å². The minimum Gasteiger partial charge on any atom is -0.507 e. The number of amides is 1. The first kappa shape index (κ1) is 23.7. The summed E-state index contributed by atoms with van der Waals surface area (Å²) in [4.78, 5) is 12.4. The Morgan fingerprint density at radius 1 is 0.938 bits per heavy atom. The third-order valence-corrected chi connectivity index (χ3v) is 6.57. The summed E-state index contributed by atoms with van der Waals surface area (Å²) >= 11 is 8.31. The molecule has 0 radical (unpaired) electrons. The number of halogens is 1. The first-order valence-electron chi connectivity index (χ1n) is 9.35. The summed E-state index contributed by atoms with van der Waals surface area (Å²) in [5.74, 6) is -0.440. The number of phenols is 1. The minimum atomic E-state index is -3.76. The van der Waals surface area contributed by atoms with E-state index < -0.39 is 15.9 Å². The molecule has 7 nitrogen and oxygen atoms in total. The average Bonchev–Trinajstić information content (AvgIpc) is 2.69. The van der Waals surface area contributed by atoms with E-state index in [1.54, 1.807) is 24.3 Å². The molecule has 0 atom stereocenters. The van der Waals surface area contributed by atoms with Gasteiger partial charge in [-0.05, 0) is 108 Å². The van der Waals surface area contributed by atoms with Gasteiger partial charge in [-0.2, -0.15) is 0 Å². The second-order valence-electron chi connectivity index (χ2n) is 7.08. The highest BCUT2D eigenvalue weighted by Crippen LogP contribution is 2.24. The van der Waals surface area contributed by atoms with Crippen LogP contribution >= 0.6 is 28.1 Å². The number of aryl methyl sites for hydroxylation is 2. The number of anilines is 2. The van der Waals surface area contributed by atoms with Crippen LogP contribution in [0, 0.1) is 13.8 Å². The number of carbonyl (C=O) groups is 1. The maximum atomic E-state index is 12.7. The van der Waals surface area contributed by atoms with Crippen molar-refractivity contribution in [1.29, 1.82) is 0 Å². The number of hydrogen-bond donors (Lipinski definition) is 4. The molecule has 0 aromatic heterocycles. The maximum absolute atomic E-state index is 12.7. The highest BCUT2D eigenvalue weighted by molar-refractivity contribution is 9.10. The molecule has 32 heavy (non-hydrogen) atoms. The minimum absolute atomic E-state index is 0.0179. The Balaban J connectivity index is 1.65. The van der Waals surface area contributed by atoms with Gasteiger partial charge in [0, 0.05) is 16.9 Å². The van der Waals surface area contributed by atoms with Crippen molar-refractivity contribution in [3.05, 3.63) is 81.8 Å². The predicted molar refractivity (Wildman–Crippen MR) is 133 cm³/mol. The standard InChI is InChI=1S/C22H20BrN3O4S2/c1-13-9-14(2)11-17(10-13)26-32(29,30)18-6-4-16(5-7-18)24-22(31)25-21(28)15-3-8-20(27)19(23)12-15/h3-12,26-27H,1-2H3,(H2,24,25,28,31). The summed E-state index contributed by atoms with van der Waals surface area (Å²) < 4.78 is 28.3. The molecule has 1 amide bonds. The lowest BCUT2D eigenvalue weighted by atomic mass is 10.1. The van der Waals surface area contributed by atoms with Crippen LogP contribution in [0.5, 0.6) is 5.75 Å². The van der Waals surface area contributed by atoms with Crippen LogP contribution in [0.15, 0.2) is 70.0 Å². The van der Waals surface area contributed by atoms with Crippen molar-refractivity contribution >= 4 is 60.6 Å². The Labute approximate surface area is 200 Å². The van der Waals surface area contributed by atoms with Gasteiger partial charge in [0.05, 0.1) is 9.37 Å². The van der Waals surface area contributed by atoms with Crippen molar-refractivity contribution in [2.24, 2.45) is 0 Å². The average molecular weight is 534 g/mol. The Morgan fingerprint density at radius 2 is 1.56 bits per heavy atom. The van der Waals surface area contributed by atoms with Gasteiger partial charge in [-0.25, -0.2) is 8.42 Å². The largest absolute Gasteiger partial charge is 0.507 e. The van der Waals surface area contributed by atoms with E-state index in [0.29, 0.717) is 21.4 Å². The van der Waals surface area contributed by atoms with E-state index in [1.807, 2.05) is 19.9 Å². The van der Waals surface area contributed by atoms with Crippen LogP contribution in [0.1, 0.15) is 21.5 Å². The van der Waals surface area contributed by atoms with Gasteiger partial charge in [0.15, 0.2) is 5.11 Å². The van der Waals surface area contributed by atoms with Crippen LogP contribution in [0.25, 0.3) is 0 Å². The number of phenolic OH excluding ortho intramolecular Hbond substituents is 1. The van der Waals surface area contributed by atoms with Gasteiger partial charge < -0.3 is 10.4 Å². The maximum Gasteiger partial charge on any atom is 0.261 e. The van der Waals surface area contributed by atoms with Crippen molar-refractivity contribution in [2.45, 2.75) is 18.7 Å². The van der Waals surface area contributed by atoms with Crippen LogP contribution in [0.2, 0.25) is 0 Å². The van der Waals surface area contributed by atoms with Crippen LogP contribution in [-0.2, 0) is 10.0 Å². The van der Waals surface area contributed by atoms with E-state index in [9.17, 15) is 18.3 Å². The molecule has 3 aromatic rings. The lowest BCUT2D eigenvalue weighted by Crippen LogP contribution is -2.34. The van der Waals surface area contributed by atoms with E-state index in [-0.39, 0.29) is 15.8 Å². The Kier molecular flexibility index (Phi) is 7.17. The third kappa shape index (κ3) is 6.06. The fraction of sp³-hybridized carbons (Fsp3) is 0.0909. The molecule has 0 bridgehead atoms. The van der Waals surface area contributed by atoms with Crippen LogP contribution in [0.3, 0.4) is 0 Å². The summed E-state index contributed by atoms with van der Waals surface area (Å²) in [6.45, 7) is 3.79. The van der Waals surface area contributed by atoms with Crippen LogP contribution in [0.4, 0.5) is 11.4 Å². The molecule has 3 aromatic carbocycles. The molecule has 0 aliphatic heterocycles. The predicted octanol–water partition coefficient (Wildman–Crippen LogP) is 4.70. The van der Waals surface area contributed by atoms with E-state index in [0.717, 1.165) is 11.1 Å². The molecule has 0 saturated carbocycles. The van der Waals surface area contributed by atoms with Gasteiger partial charge in [0.25, 0.3) is 15.9 Å². The molecule has 0 spiro atoms. The number of thiocarbonyl (C=S) groups is 1. The summed E-state index contributed by atoms with van der Waals surface area (Å²) in [6, 6.07) is 15.8. The number of rotatable bonds is 5. The van der Waals surface area contributed by atoms with Crippen molar-refractivity contribution in [2.75, 3.05) is 10.0 Å². The van der Waals surface area contributed by atoms with Crippen molar-refractivity contribution in [3.8, 4) is 5.75 Å². The summed E-state index contributed by atoms with van der Waals surface area (Å²) in [5, 5.41) is 14.9. The quantitative estimate of drug-likeness (QED) is 0.354. The highest BCUT2D eigenvalue weighted by atomic mass is 79.9. The molecular weight excluding hydrogens is 514 g/mol. The summed E-state index contributed by atoms with van der Waals surface area (Å²) in [5.41, 5.74) is 3.22. The smallest absolute Gasteiger partial charge is 0.261 e. The van der Waals surface area contributed by atoms with Gasteiger partial charge >= 0.3 is 0 Å². The number of carbonyl (C=O) groups excluding carboxylic acids is 1. The van der Waals surface area contributed by atoms with Gasteiger partial charge in [0.2, 0.25) is 0 Å². The second-order valence-corrected chi connectivity index (χ2v) is 10.0. The SMILES string of the molecule is Cc1cc(C)cc(NS(=O)(=O)c2ccc(NC(=S)NC(=O)c3ccc(O)c(Br)c3)cc2)c1. The van der Waals surface area contributed by atoms with Gasteiger partial charge in [-0.1, -0.05) is 6.07 Å². The topological polar surface area (TPSA) is 108 Å². The first-order chi connectivity index (χ1) is 15.0. The van der Waals surface area contributed by atoms with E-state index >= 15 is 0 Å². The lowest BCUT2D eigenvalue weighted by molar-refractivity contribution is 0.0977. The first-order valence-corrected chi connectivity index (χ1v) is 12.0. The Hall–Kier alpha value is -2.95. The van der Waals surface area contributed by atoms with Gasteiger partial charge in [-0.3, -0.25) is 14.8 Å². The van der Waals surface area contributed by atoms with Crippen molar-refractivity contribution in [1.82, 2.24) is 5.32 Å². The highest BCUT2D eigenvalue weighted by Gasteiger charge is 2.15. The monoisotopic (exact) mass is 533 g/mol. The van der Waals surface area contributed by atoms with E-state index in [4.69, 9.17) is 12.2 Å². The Morgan fingerprint density at radius 3 is 2.16 bits per heavy atom. The molecular formula is C22H20BrN3O4S2. The van der Waals surface area contributed by atoms with Crippen molar-refractivity contribution in [3.63, 3.8) is 0 Å². The number of hydrogen-bond acceptors (Lipinski definition) is 5.